The summed E-state index contributed by atoms with van der Waals surface area (Å²) in [7, 11) is 0. The average molecular weight is 321 g/mol. The number of anilines is 2. The van der Waals surface area contributed by atoms with Crippen molar-refractivity contribution < 1.29 is 9.59 Å². The number of H-pyrrole nitrogens is 1. The van der Waals surface area contributed by atoms with E-state index in [2.05, 4.69) is 20.8 Å². The number of nitrogens with zero attached hydrogens (tertiary/aromatic N) is 1. The quantitative estimate of drug-likeness (QED) is 0.757. The third kappa shape index (κ3) is 3.65. The zero-order valence-corrected chi connectivity index (χ0v) is 13.3. The standard InChI is InChI=1S/C15H17ClN4O2/c1-8(16)14(21)17-12-6-4-11(5-7-12)15(22)18-13-9(2)19-20-10(13)3/h4-8H,1-3H3,(H,17,21)(H,18,22)(H,19,20)/t8-/m0/s1. The third-order valence-electron chi connectivity index (χ3n) is 3.14. The molecule has 2 rings (SSSR count). The lowest BCUT2D eigenvalue weighted by Crippen LogP contribution is -2.20. The number of benzene rings is 1. The summed E-state index contributed by atoms with van der Waals surface area (Å²) in [6.07, 6.45) is 0. The van der Waals surface area contributed by atoms with Crippen molar-refractivity contribution in [2.45, 2.75) is 26.1 Å². The van der Waals surface area contributed by atoms with Crippen molar-refractivity contribution in [3.05, 3.63) is 41.2 Å². The number of alkyl halides is 1. The van der Waals surface area contributed by atoms with Gasteiger partial charge in [0.25, 0.3) is 5.91 Å². The second kappa shape index (κ2) is 6.62. The van der Waals surface area contributed by atoms with Gasteiger partial charge in [-0.15, -0.1) is 11.6 Å². The molecule has 7 heteroatoms. The third-order valence-corrected chi connectivity index (χ3v) is 3.34. The highest BCUT2D eigenvalue weighted by Crippen LogP contribution is 2.18. The molecule has 0 saturated carbocycles. The average Bonchev–Trinajstić information content (AvgIpc) is 2.79. The fraction of sp³-hybridized carbons (Fsp3) is 0.267. The molecule has 0 aliphatic heterocycles. The van der Waals surface area contributed by atoms with Crippen LogP contribution in [0.3, 0.4) is 0 Å². The van der Waals surface area contributed by atoms with Crippen molar-refractivity contribution in [2.24, 2.45) is 0 Å². The maximum Gasteiger partial charge on any atom is 0.255 e. The van der Waals surface area contributed by atoms with E-state index in [1.807, 2.05) is 13.8 Å². The molecule has 1 aromatic carbocycles. The van der Waals surface area contributed by atoms with Gasteiger partial charge >= 0.3 is 0 Å². The van der Waals surface area contributed by atoms with E-state index in [-0.39, 0.29) is 11.8 Å². The van der Waals surface area contributed by atoms with Crippen molar-refractivity contribution in [3.63, 3.8) is 0 Å². The van der Waals surface area contributed by atoms with Crippen LogP contribution < -0.4 is 10.6 Å². The van der Waals surface area contributed by atoms with E-state index in [4.69, 9.17) is 11.6 Å². The largest absolute Gasteiger partial charge is 0.325 e. The van der Waals surface area contributed by atoms with Gasteiger partial charge in [-0.05, 0) is 45.0 Å². The number of nitrogens with one attached hydrogen (secondary N) is 3. The summed E-state index contributed by atoms with van der Waals surface area (Å²) in [6.45, 7) is 5.24. The first kappa shape index (κ1) is 16.0. The fourth-order valence-corrected chi connectivity index (χ4v) is 1.92. The predicted octanol–water partition coefficient (Wildman–Crippen LogP) is 2.84. The minimum Gasteiger partial charge on any atom is -0.325 e. The summed E-state index contributed by atoms with van der Waals surface area (Å²) >= 11 is 5.68. The molecule has 116 valence electrons. The van der Waals surface area contributed by atoms with Crippen LogP contribution >= 0.6 is 11.6 Å². The molecule has 1 aromatic heterocycles. The molecular weight excluding hydrogens is 304 g/mol. The van der Waals surface area contributed by atoms with E-state index < -0.39 is 5.38 Å². The molecule has 2 aromatic rings. The first-order chi connectivity index (χ1) is 10.4. The number of aromatic amines is 1. The summed E-state index contributed by atoms with van der Waals surface area (Å²) in [5.41, 5.74) is 3.27. The van der Waals surface area contributed by atoms with Crippen LogP contribution in [0.25, 0.3) is 0 Å². The van der Waals surface area contributed by atoms with Gasteiger partial charge in [0.15, 0.2) is 0 Å². The van der Waals surface area contributed by atoms with Crippen LogP contribution in [-0.4, -0.2) is 27.4 Å². The molecule has 1 atom stereocenters. The molecule has 0 bridgehead atoms. The summed E-state index contributed by atoms with van der Waals surface area (Å²) in [5, 5.41) is 11.7. The Morgan fingerprint density at radius 3 is 2.32 bits per heavy atom. The zero-order valence-electron chi connectivity index (χ0n) is 12.5. The molecule has 0 unspecified atom stereocenters. The molecule has 2 amide bonds. The lowest BCUT2D eigenvalue weighted by atomic mass is 10.2. The highest BCUT2D eigenvalue weighted by Gasteiger charge is 2.13. The number of rotatable bonds is 4. The van der Waals surface area contributed by atoms with Crippen LogP contribution in [0.15, 0.2) is 24.3 Å². The first-order valence-corrected chi connectivity index (χ1v) is 7.20. The monoisotopic (exact) mass is 320 g/mol. The second-order valence-electron chi connectivity index (χ2n) is 4.95. The lowest BCUT2D eigenvalue weighted by molar-refractivity contribution is -0.115. The van der Waals surface area contributed by atoms with Crippen molar-refractivity contribution in [3.8, 4) is 0 Å². The molecule has 3 N–H and O–H groups in total. The van der Waals surface area contributed by atoms with Gasteiger partial charge in [0.2, 0.25) is 5.91 Å². The zero-order chi connectivity index (χ0) is 16.3. The molecule has 6 nitrogen and oxygen atoms in total. The molecule has 0 radical (unpaired) electrons. The van der Waals surface area contributed by atoms with Crippen LogP contribution in [0.4, 0.5) is 11.4 Å². The number of hydrogen-bond acceptors (Lipinski definition) is 3. The molecule has 1 heterocycles. The van der Waals surface area contributed by atoms with Crippen molar-refractivity contribution in [1.29, 1.82) is 0 Å². The van der Waals surface area contributed by atoms with Gasteiger partial charge in [0.05, 0.1) is 17.1 Å². The molecule has 22 heavy (non-hydrogen) atoms. The van der Waals surface area contributed by atoms with Gasteiger partial charge in [-0.2, -0.15) is 5.10 Å². The fourth-order valence-electron chi connectivity index (χ4n) is 1.87. The van der Waals surface area contributed by atoms with Crippen molar-refractivity contribution >= 4 is 34.8 Å². The van der Waals surface area contributed by atoms with E-state index in [0.29, 0.717) is 16.9 Å². The van der Waals surface area contributed by atoms with Crippen LogP contribution in [0.2, 0.25) is 0 Å². The topological polar surface area (TPSA) is 86.9 Å². The number of carbonyl (C=O) groups is 2. The maximum atomic E-state index is 12.2. The van der Waals surface area contributed by atoms with E-state index in [9.17, 15) is 9.59 Å². The minimum atomic E-state index is -0.616. The van der Waals surface area contributed by atoms with Gasteiger partial charge in [0, 0.05) is 11.3 Å². The molecule has 0 spiro atoms. The van der Waals surface area contributed by atoms with E-state index >= 15 is 0 Å². The highest BCUT2D eigenvalue weighted by molar-refractivity contribution is 6.32. The van der Waals surface area contributed by atoms with Gasteiger partial charge in [-0.1, -0.05) is 0 Å². The Morgan fingerprint density at radius 1 is 1.18 bits per heavy atom. The Kier molecular flexibility index (Phi) is 4.82. The number of carbonyl (C=O) groups excluding carboxylic acids is 2. The molecule has 0 aliphatic rings. The number of halogens is 1. The summed E-state index contributed by atoms with van der Waals surface area (Å²) in [4.78, 5) is 23.7. The van der Waals surface area contributed by atoms with E-state index in [1.165, 1.54) is 0 Å². The molecule has 0 fully saturated rings. The maximum absolute atomic E-state index is 12.2. The summed E-state index contributed by atoms with van der Waals surface area (Å²) in [5.74, 6) is -0.528. The van der Waals surface area contributed by atoms with E-state index in [0.717, 1.165) is 11.4 Å². The number of hydrogen-bond donors (Lipinski definition) is 3. The van der Waals surface area contributed by atoms with Crippen LogP contribution in [0, 0.1) is 13.8 Å². The van der Waals surface area contributed by atoms with Crippen LogP contribution in [0.5, 0.6) is 0 Å². The van der Waals surface area contributed by atoms with Crippen LogP contribution in [-0.2, 0) is 4.79 Å². The first-order valence-electron chi connectivity index (χ1n) is 6.76. The predicted molar refractivity (Wildman–Crippen MR) is 86.4 cm³/mol. The van der Waals surface area contributed by atoms with Gasteiger partial charge in [0.1, 0.15) is 5.38 Å². The molecule has 0 aliphatic carbocycles. The Hall–Kier alpha value is -2.34. The van der Waals surface area contributed by atoms with Crippen molar-refractivity contribution in [2.75, 3.05) is 10.6 Å². The normalized spacial score (nSPS) is 11.8. The molecular formula is C15H17ClN4O2. The SMILES string of the molecule is Cc1n[nH]c(C)c1NC(=O)c1ccc(NC(=O)[C@H](C)Cl)cc1. The van der Waals surface area contributed by atoms with Gasteiger partial charge in [-0.3, -0.25) is 14.7 Å². The van der Waals surface area contributed by atoms with Crippen molar-refractivity contribution in [1.82, 2.24) is 10.2 Å². The smallest absolute Gasteiger partial charge is 0.255 e. The van der Waals surface area contributed by atoms with Crippen LogP contribution in [0.1, 0.15) is 28.7 Å². The Balaban J connectivity index is 2.07. The number of aryl methyl sites for hydroxylation is 2. The van der Waals surface area contributed by atoms with E-state index in [1.54, 1.807) is 31.2 Å². The number of amides is 2. The second-order valence-corrected chi connectivity index (χ2v) is 5.60. The Labute approximate surface area is 133 Å². The summed E-state index contributed by atoms with van der Waals surface area (Å²) < 4.78 is 0. The highest BCUT2D eigenvalue weighted by atomic mass is 35.5. The Bertz CT molecular complexity index is 673. The lowest BCUT2D eigenvalue weighted by Gasteiger charge is -2.08. The number of aromatic nitrogens is 2. The molecule has 0 saturated heterocycles. The van der Waals surface area contributed by atoms with Gasteiger partial charge < -0.3 is 10.6 Å². The Morgan fingerprint density at radius 2 is 1.82 bits per heavy atom. The minimum absolute atomic E-state index is 0.240. The van der Waals surface area contributed by atoms with Gasteiger partial charge in [-0.25, -0.2) is 0 Å². The summed E-state index contributed by atoms with van der Waals surface area (Å²) in [6, 6.07) is 6.57.